The zero-order valence-corrected chi connectivity index (χ0v) is 12.1. The standard InChI is InChI=1S/C16H22F2N2/c1-10-8-14(18)12(9-13(10)17)11(2)19-15-5-7-20-6-3-4-16(15)20/h8-9,11,15-16,19H,3-7H2,1-2H3. The van der Waals surface area contributed by atoms with Gasteiger partial charge in [0.25, 0.3) is 0 Å². The van der Waals surface area contributed by atoms with Crippen molar-refractivity contribution in [2.75, 3.05) is 13.1 Å². The maximum Gasteiger partial charge on any atom is 0.128 e. The SMILES string of the molecule is Cc1cc(F)c(C(C)NC2CCN3CCCC23)cc1F. The molecule has 0 bridgehead atoms. The molecule has 0 aliphatic carbocycles. The van der Waals surface area contributed by atoms with Crippen LogP contribution in [0.2, 0.25) is 0 Å². The fraction of sp³-hybridized carbons (Fsp3) is 0.625. The number of halogens is 2. The van der Waals surface area contributed by atoms with E-state index in [4.69, 9.17) is 0 Å². The molecule has 0 saturated carbocycles. The highest BCUT2D eigenvalue weighted by molar-refractivity contribution is 5.27. The lowest BCUT2D eigenvalue weighted by molar-refractivity contribution is 0.290. The average molecular weight is 280 g/mol. The van der Waals surface area contributed by atoms with Crippen LogP contribution >= 0.6 is 0 Å². The van der Waals surface area contributed by atoms with Crippen molar-refractivity contribution in [1.82, 2.24) is 10.2 Å². The molecule has 110 valence electrons. The molecule has 2 heterocycles. The lowest BCUT2D eigenvalue weighted by atomic mass is 10.0. The zero-order valence-electron chi connectivity index (χ0n) is 12.1. The van der Waals surface area contributed by atoms with Crippen LogP contribution in [-0.4, -0.2) is 30.1 Å². The first-order valence-electron chi connectivity index (χ1n) is 7.52. The van der Waals surface area contributed by atoms with Crippen LogP contribution in [0.3, 0.4) is 0 Å². The van der Waals surface area contributed by atoms with Gasteiger partial charge in [-0.3, -0.25) is 4.90 Å². The Morgan fingerprint density at radius 3 is 2.80 bits per heavy atom. The summed E-state index contributed by atoms with van der Waals surface area (Å²) in [5.74, 6) is -0.644. The number of nitrogens with one attached hydrogen (secondary N) is 1. The summed E-state index contributed by atoms with van der Waals surface area (Å²) >= 11 is 0. The van der Waals surface area contributed by atoms with Crippen LogP contribution in [-0.2, 0) is 0 Å². The van der Waals surface area contributed by atoms with Gasteiger partial charge in [0.2, 0.25) is 0 Å². The number of rotatable bonds is 3. The second-order valence-electron chi connectivity index (χ2n) is 6.15. The van der Waals surface area contributed by atoms with Crippen LogP contribution < -0.4 is 5.32 Å². The van der Waals surface area contributed by atoms with Crippen molar-refractivity contribution in [2.45, 2.75) is 51.2 Å². The molecule has 1 N–H and O–H groups in total. The minimum absolute atomic E-state index is 0.157. The summed E-state index contributed by atoms with van der Waals surface area (Å²) in [6.45, 7) is 5.82. The number of benzene rings is 1. The highest BCUT2D eigenvalue weighted by Gasteiger charge is 2.37. The normalized spacial score (nSPS) is 27.8. The summed E-state index contributed by atoms with van der Waals surface area (Å²) in [4.78, 5) is 2.51. The Balaban J connectivity index is 1.73. The fourth-order valence-corrected chi connectivity index (χ4v) is 3.68. The Bertz CT molecular complexity index is 503. The van der Waals surface area contributed by atoms with Crippen LogP contribution in [0.5, 0.6) is 0 Å². The predicted octanol–water partition coefficient (Wildman–Crippen LogP) is 3.16. The van der Waals surface area contributed by atoms with Gasteiger partial charge in [0.15, 0.2) is 0 Å². The molecule has 1 aromatic carbocycles. The second-order valence-corrected chi connectivity index (χ2v) is 6.15. The number of hydrogen-bond donors (Lipinski definition) is 1. The van der Waals surface area contributed by atoms with Crippen LogP contribution in [0.25, 0.3) is 0 Å². The van der Waals surface area contributed by atoms with E-state index in [0.717, 1.165) is 13.0 Å². The van der Waals surface area contributed by atoms with Gasteiger partial charge in [0, 0.05) is 30.2 Å². The van der Waals surface area contributed by atoms with E-state index in [9.17, 15) is 8.78 Å². The molecule has 2 saturated heterocycles. The van der Waals surface area contributed by atoms with E-state index in [2.05, 4.69) is 10.2 Å². The number of hydrogen-bond acceptors (Lipinski definition) is 2. The first kappa shape index (κ1) is 14.0. The molecule has 2 aliphatic heterocycles. The Hall–Kier alpha value is -1.00. The van der Waals surface area contributed by atoms with Gasteiger partial charge in [-0.2, -0.15) is 0 Å². The molecule has 20 heavy (non-hydrogen) atoms. The molecule has 0 radical (unpaired) electrons. The van der Waals surface area contributed by atoms with Crippen molar-refractivity contribution in [1.29, 1.82) is 0 Å². The second kappa shape index (κ2) is 5.41. The monoisotopic (exact) mass is 280 g/mol. The average Bonchev–Trinajstić information content (AvgIpc) is 2.98. The van der Waals surface area contributed by atoms with Gasteiger partial charge in [0.1, 0.15) is 11.6 Å². The molecule has 0 amide bonds. The van der Waals surface area contributed by atoms with E-state index in [0.29, 0.717) is 23.2 Å². The molecule has 2 fully saturated rings. The quantitative estimate of drug-likeness (QED) is 0.915. The van der Waals surface area contributed by atoms with Crippen molar-refractivity contribution < 1.29 is 8.78 Å². The van der Waals surface area contributed by atoms with Gasteiger partial charge >= 0.3 is 0 Å². The van der Waals surface area contributed by atoms with E-state index in [-0.39, 0.29) is 17.7 Å². The summed E-state index contributed by atoms with van der Waals surface area (Å²) in [5.41, 5.74) is 0.797. The third kappa shape index (κ3) is 2.47. The summed E-state index contributed by atoms with van der Waals surface area (Å²) in [6.07, 6.45) is 3.57. The molecule has 0 spiro atoms. The van der Waals surface area contributed by atoms with E-state index >= 15 is 0 Å². The van der Waals surface area contributed by atoms with Crippen molar-refractivity contribution in [3.8, 4) is 0 Å². The maximum atomic E-state index is 14.0. The summed E-state index contributed by atoms with van der Waals surface area (Å²) in [7, 11) is 0. The Morgan fingerprint density at radius 2 is 2.00 bits per heavy atom. The number of nitrogens with zero attached hydrogens (tertiary/aromatic N) is 1. The van der Waals surface area contributed by atoms with Crippen molar-refractivity contribution in [2.24, 2.45) is 0 Å². The summed E-state index contributed by atoms with van der Waals surface area (Å²) in [6, 6.07) is 3.45. The predicted molar refractivity (Wildman–Crippen MR) is 75.6 cm³/mol. The van der Waals surface area contributed by atoms with Crippen molar-refractivity contribution in [3.05, 3.63) is 34.9 Å². The summed E-state index contributed by atoms with van der Waals surface area (Å²) in [5, 5.41) is 3.51. The molecule has 3 unspecified atom stereocenters. The van der Waals surface area contributed by atoms with Crippen molar-refractivity contribution >= 4 is 0 Å². The number of aryl methyl sites for hydroxylation is 1. The molecule has 1 aromatic rings. The van der Waals surface area contributed by atoms with Gasteiger partial charge in [-0.1, -0.05) is 0 Å². The molecule has 2 nitrogen and oxygen atoms in total. The van der Waals surface area contributed by atoms with Crippen molar-refractivity contribution in [3.63, 3.8) is 0 Å². The van der Waals surface area contributed by atoms with Crippen LogP contribution in [0.1, 0.15) is 43.4 Å². The van der Waals surface area contributed by atoms with Crippen LogP contribution in [0.4, 0.5) is 8.78 Å². The highest BCUT2D eigenvalue weighted by atomic mass is 19.1. The molecule has 0 aromatic heterocycles. The molecule has 2 aliphatic rings. The van der Waals surface area contributed by atoms with Crippen LogP contribution in [0.15, 0.2) is 12.1 Å². The molecular formula is C16H22F2N2. The molecule has 3 atom stereocenters. The molecular weight excluding hydrogens is 258 g/mol. The van der Waals surface area contributed by atoms with Gasteiger partial charge in [-0.15, -0.1) is 0 Å². The Labute approximate surface area is 119 Å². The highest BCUT2D eigenvalue weighted by Crippen LogP contribution is 2.30. The van der Waals surface area contributed by atoms with Gasteiger partial charge in [0.05, 0.1) is 0 Å². The zero-order chi connectivity index (χ0) is 14.3. The minimum atomic E-state index is -0.330. The number of fused-ring (bicyclic) bond motifs is 1. The Morgan fingerprint density at radius 1 is 1.20 bits per heavy atom. The molecule has 4 heteroatoms. The summed E-state index contributed by atoms with van der Waals surface area (Å²) < 4.78 is 27.7. The Kier molecular flexibility index (Phi) is 3.78. The largest absolute Gasteiger partial charge is 0.306 e. The first-order valence-corrected chi connectivity index (χ1v) is 7.52. The minimum Gasteiger partial charge on any atom is -0.306 e. The van der Waals surface area contributed by atoms with E-state index in [1.54, 1.807) is 6.92 Å². The smallest absolute Gasteiger partial charge is 0.128 e. The van der Waals surface area contributed by atoms with E-state index in [1.807, 2.05) is 6.92 Å². The van der Waals surface area contributed by atoms with Gasteiger partial charge in [-0.25, -0.2) is 8.78 Å². The third-order valence-electron chi connectivity index (χ3n) is 4.81. The van der Waals surface area contributed by atoms with Crippen LogP contribution in [0, 0.1) is 18.6 Å². The lowest BCUT2D eigenvalue weighted by Gasteiger charge is -2.25. The van der Waals surface area contributed by atoms with E-state index in [1.165, 1.54) is 31.5 Å². The maximum absolute atomic E-state index is 14.0. The topological polar surface area (TPSA) is 15.3 Å². The third-order valence-corrected chi connectivity index (χ3v) is 4.81. The van der Waals surface area contributed by atoms with Gasteiger partial charge < -0.3 is 5.32 Å². The lowest BCUT2D eigenvalue weighted by Crippen LogP contribution is -2.40. The van der Waals surface area contributed by atoms with E-state index < -0.39 is 0 Å². The van der Waals surface area contributed by atoms with Gasteiger partial charge in [-0.05, 0) is 57.4 Å². The molecule has 3 rings (SSSR count). The fourth-order valence-electron chi connectivity index (χ4n) is 3.68. The first-order chi connectivity index (χ1) is 9.56.